The van der Waals surface area contributed by atoms with E-state index in [0.717, 1.165) is 30.1 Å². The summed E-state index contributed by atoms with van der Waals surface area (Å²) in [5.74, 6) is 0.645. The van der Waals surface area contributed by atoms with Crippen LogP contribution < -0.4 is 10.1 Å². The van der Waals surface area contributed by atoms with E-state index in [1.54, 1.807) is 31.4 Å². The minimum absolute atomic E-state index is 0.0888. The van der Waals surface area contributed by atoms with Gasteiger partial charge in [-0.05, 0) is 44.5 Å². The molecule has 0 saturated heterocycles. The van der Waals surface area contributed by atoms with Gasteiger partial charge in [-0.1, -0.05) is 11.6 Å². The van der Waals surface area contributed by atoms with Crippen molar-refractivity contribution in [2.24, 2.45) is 0 Å². The predicted octanol–water partition coefficient (Wildman–Crippen LogP) is 2.98. The summed E-state index contributed by atoms with van der Waals surface area (Å²) in [5, 5.41) is 7.97. The second-order valence-corrected chi connectivity index (χ2v) is 5.42. The molecule has 1 amide bonds. The average molecular weight is 322 g/mol. The van der Waals surface area contributed by atoms with Crippen LogP contribution in [-0.2, 0) is 6.54 Å². The second-order valence-electron chi connectivity index (χ2n) is 5.05. The molecule has 1 aromatic carbocycles. The lowest BCUT2D eigenvalue weighted by molar-refractivity contribution is 0.0952. The van der Waals surface area contributed by atoms with Crippen LogP contribution in [0.15, 0.2) is 24.3 Å². The molecule has 1 heterocycles. The first kappa shape index (κ1) is 16.4. The standard InChI is InChI=1S/C16H20ClN3O2/c1-11-15(17)12(2)20(19-11)10-4-9-18-16(21)13-5-7-14(22-3)8-6-13/h5-8H,4,9-10H2,1-3H3,(H,18,21). The van der Waals surface area contributed by atoms with Gasteiger partial charge in [-0.3, -0.25) is 9.48 Å². The van der Waals surface area contributed by atoms with Gasteiger partial charge < -0.3 is 10.1 Å². The molecule has 1 N–H and O–H groups in total. The molecule has 22 heavy (non-hydrogen) atoms. The Labute approximate surface area is 135 Å². The highest BCUT2D eigenvalue weighted by molar-refractivity contribution is 6.31. The number of aromatic nitrogens is 2. The molecule has 2 aromatic rings. The van der Waals surface area contributed by atoms with Gasteiger partial charge in [-0.15, -0.1) is 0 Å². The molecular weight excluding hydrogens is 302 g/mol. The largest absolute Gasteiger partial charge is 0.497 e. The molecule has 0 aliphatic rings. The summed E-state index contributed by atoms with van der Waals surface area (Å²) in [6.07, 6.45) is 0.792. The number of hydrogen-bond donors (Lipinski definition) is 1. The van der Waals surface area contributed by atoms with Crippen LogP contribution in [0.2, 0.25) is 5.02 Å². The average Bonchev–Trinajstić information content (AvgIpc) is 2.78. The summed E-state index contributed by atoms with van der Waals surface area (Å²) < 4.78 is 6.94. The lowest BCUT2D eigenvalue weighted by atomic mass is 10.2. The van der Waals surface area contributed by atoms with E-state index in [4.69, 9.17) is 16.3 Å². The first-order valence-corrected chi connectivity index (χ1v) is 7.52. The Morgan fingerprint density at radius 3 is 2.55 bits per heavy atom. The number of benzene rings is 1. The normalized spacial score (nSPS) is 10.5. The molecule has 6 heteroatoms. The molecule has 0 bridgehead atoms. The van der Waals surface area contributed by atoms with Crippen LogP contribution in [0.25, 0.3) is 0 Å². The van der Waals surface area contributed by atoms with E-state index in [2.05, 4.69) is 10.4 Å². The Morgan fingerprint density at radius 2 is 2.00 bits per heavy atom. The third kappa shape index (κ3) is 3.80. The smallest absolute Gasteiger partial charge is 0.251 e. The molecular formula is C16H20ClN3O2. The van der Waals surface area contributed by atoms with E-state index in [-0.39, 0.29) is 5.91 Å². The minimum atomic E-state index is -0.0888. The second kappa shape index (κ2) is 7.31. The molecule has 118 valence electrons. The van der Waals surface area contributed by atoms with Gasteiger partial charge >= 0.3 is 0 Å². The predicted molar refractivity (Wildman–Crippen MR) is 86.7 cm³/mol. The Balaban J connectivity index is 1.80. The fourth-order valence-corrected chi connectivity index (χ4v) is 2.30. The van der Waals surface area contributed by atoms with Crippen molar-refractivity contribution in [3.63, 3.8) is 0 Å². The van der Waals surface area contributed by atoms with Crippen molar-refractivity contribution >= 4 is 17.5 Å². The van der Waals surface area contributed by atoms with Crippen molar-refractivity contribution < 1.29 is 9.53 Å². The van der Waals surface area contributed by atoms with Crippen molar-refractivity contribution in [2.45, 2.75) is 26.8 Å². The zero-order valence-electron chi connectivity index (χ0n) is 13.0. The van der Waals surface area contributed by atoms with E-state index >= 15 is 0 Å². The Kier molecular flexibility index (Phi) is 5.44. The highest BCUT2D eigenvalue weighted by atomic mass is 35.5. The van der Waals surface area contributed by atoms with Gasteiger partial charge in [0.1, 0.15) is 5.75 Å². The molecule has 0 fully saturated rings. The van der Waals surface area contributed by atoms with E-state index in [1.165, 1.54) is 0 Å². The number of halogens is 1. The highest BCUT2D eigenvalue weighted by Crippen LogP contribution is 2.18. The van der Waals surface area contributed by atoms with Gasteiger partial charge in [0.25, 0.3) is 5.91 Å². The maximum absolute atomic E-state index is 12.0. The number of aryl methyl sites for hydroxylation is 2. The molecule has 2 rings (SSSR count). The monoisotopic (exact) mass is 321 g/mol. The summed E-state index contributed by atoms with van der Waals surface area (Å²) in [4.78, 5) is 12.0. The number of rotatable bonds is 6. The molecule has 5 nitrogen and oxygen atoms in total. The van der Waals surface area contributed by atoms with Crippen LogP contribution in [0.5, 0.6) is 5.75 Å². The lowest BCUT2D eigenvalue weighted by Crippen LogP contribution is -2.25. The third-order valence-corrected chi connectivity index (χ3v) is 4.02. The number of carbonyl (C=O) groups is 1. The van der Waals surface area contributed by atoms with Crippen LogP contribution >= 0.6 is 11.6 Å². The van der Waals surface area contributed by atoms with Gasteiger partial charge in [0, 0.05) is 18.7 Å². The molecule has 0 saturated carbocycles. The van der Waals surface area contributed by atoms with Gasteiger partial charge in [0.2, 0.25) is 0 Å². The lowest BCUT2D eigenvalue weighted by Gasteiger charge is -2.07. The van der Waals surface area contributed by atoms with Crippen LogP contribution in [0.4, 0.5) is 0 Å². The van der Waals surface area contributed by atoms with Crippen LogP contribution in [0.1, 0.15) is 28.2 Å². The van der Waals surface area contributed by atoms with Gasteiger partial charge in [-0.25, -0.2) is 0 Å². The van der Waals surface area contributed by atoms with Crippen LogP contribution in [0.3, 0.4) is 0 Å². The first-order valence-electron chi connectivity index (χ1n) is 7.14. The summed E-state index contributed by atoms with van der Waals surface area (Å²) >= 11 is 6.10. The molecule has 1 aromatic heterocycles. The van der Waals surface area contributed by atoms with Gasteiger partial charge in [0.15, 0.2) is 0 Å². The van der Waals surface area contributed by atoms with Crippen molar-refractivity contribution in [1.29, 1.82) is 0 Å². The van der Waals surface area contributed by atoms with E-state index in [9.17, 15) is 4.79 Å². The topological polar surface area (TPSA) is 56.1 Å². The Morgan fingerprint density at radius 1 is 1.32 bits per heavy atom. The zero-order chi connectivity index (χ0) is 16.1. The molecule has 0 aliphatic carbocycles. The Bertz CT molecular complexity index is 650. The number of nitrogens with one attached hydrogen (secondary N) is 1. The Hall–Kier alpha value is -2.01. The van der Waals surface area contributed by atoms with E-state index < -0.39 is 0 Å². The highest BCUT2D eigenvalue weighted by Gasteiger charge is 2.09. The quantitative estimate of drug-likeness (QED) is 0.832. The maximum atomic E-state index is 12.0. The number of amides is 1. The zero-order valence-corrected chi connectivity index (χ0v) is 13.8. The summed E-state index contributed by atoms with van der Waals surface area (Å²) in [7, 11) is 1.60. The first-order chi connectivity index (χ1) is 10.5. The number of methoxy groups -OCH3 is 1. The fourth-order valence-electron chi connectivity index (χ4n) is 2.17. The van der Waals surface area contributed by atoms with Crippen LogP contribution in [-0.4, -0.2) is 29.3 Å². The SMILES string of the molecule is COc1ccc(C(=O)NCCCn2nc(C)c(Cl)c2C)cc1. The van der Waals surface area contributed by atoms with Crippen molar-refractivity contribution in [1.82, 2.24) is 15.1 Å². The summed E-state index contributed by atoms with van der Waals surface area (Å²) in [5.41, 5.74) is 2.41. The fraction of sp³-hybridized carbons (Fsp3) is 0.375. The molecule has 0 atom stereocenters. The minimum Gasteiger partial charge on any atom is -0.497 e. The maximum Gasteiger partial charge on any atom is 0.251 e. The molecule has 0 radical (unpaired) electrons. The molecule has 0 aliphatic heterocycles. The van der Waals surface area contributed by atoms with Gasteiger partial charge in [0.05, 0.1) is 23.5 Å². The van der Waals surface area contributed by atoms with Gasteiger partial charge in [-0.2, -0.15) is 5.10 Å². The third-order valence-electron chi connectivity index (χ3n) is 3.48. The molecule has 0 unspecified atom stereocenters. The number of hydrogen-bond acceptors (Lipinski definition) is 3. The van der Waals surface area contributed by atoms with Crippen LogP contribution in [0, 0.1) is 13.8 Å². The number of ether oxygens (including phenoxy) is 1. The van der Waals surface area contributed by atoms with E-state index in [1.807, 2.05) is 18.5 Å². The van der Waals surface area contributed by atoms with Crippen molar-refractivity contribution in [2.75, 3.05) is 13.7 Å². The molecule has 0 spiro atoms. The summed E-state index contributed by atoms with van der Waals surface area (Å²) in [6.45, 7) is 5.14. The van der Waals surface area contributed by atoms with Crippen molar-refractivity contribution in [3.8, 4) is 5.75 Å². The number of nitrogens with zero attached hydrogens (tertiary/aromatic N) is 2. The summed E-state index contributed by atoms with van der Waals surface area (Å²) in [6, 6.07) is 7.03. The van der Waals surface area contributed by atoms with Crippen molar-refractivity contribution in [3.05, 3.63) is 46.2 Å². The number of carbonyl (C=O) groups excluding carboxylic acids is 1. The van der Waals surface area contributed by atoms with E-state index in [0.29, 0.717) is 17.1 Å².